The van der Waals surface area contributed by atoms with Gasteiger partial charge in [-0.15, -0.1) is 11.3 Å². The second-order valence-corrected chi connectivity index (χ2v) is 9.53. The topological polar surface area (TPSA) is 121 Å². The molecule has 1 fully saturated rings. The zero-order chi connectivity index (χ0) is 20.9. The fourth-order valence-corrected chi connectivity index (χ4v) is 5.16. The van der Waals surface area contributed by atoms with E-state index in [-0.39, 0.29) is 12.2 Å². The Morgan fingerprint density at radius 3 is 2.76 bits per heavy atom. The van der Waals surface area contributed by atoms with Crippen LogP contribution in [0.15, 0.2) is 41.2 Å². The molecule has 2 unspecified atom stereocenters. The predicted octanol–water partition coefficient (Wildman–Crippen LogP) is 2.09. The molecule has 158 valence electrons. The lowest BCUT2D eigenvalue weighted by atomic mass is 10.1. The Kier molecular flexibility index (Phi) is 7.01. The van der Waals surface area contributed by atoms with Crippen molar-refractivity contribution in [3.05, 3.63) is 52.5 Å². The summed E-state index contributed by atoms with van der Waals surface area (Å²) in [6.07, 6.45) is 1.52. The molecule has 3 N–H and O–H groups in total. The van der Waals surface area contributed by atoms with E-state index in [4.69, 9.17) is 4.74 Å². The Balaban J connectivity index is 1.74. The minimum Gasteiger partial charge on any atom is -0.480 e. The van der Waals surface area contributed by atoms with Crippen LogP contribution < -0.4 is 10.0 Å². The Labute approximate surface area is 174 Å². The molecule has 0 bridgehead atoms. The molecule has 29 heavy (non-hydrogen) atoms. The number of carboxylic acid groups (broad SMARTS) is 1. The highest BCUT2D eigenvalue weighted by molar-refractivity contribution is 7.88. The van der Waals surface area contributed by atoms with Gasteiger partial charge in [0.05, 0.1) is 17.0 Å². The smallest absolute Gasteiger partial charge is 0.320 e. The number of rotatable bonds is 12. The van der Waals surface area contributed by atoms with E-state index >= 15 is 0 Å². The zero-order valence-corrected chi connectivity index (χ0v) is 17.7. The van der Waals surface area contributed by atoms with Crippen LogP contribution in [-0.4, -0.2) is 42.5 Å². The highest BCUT2D eigenvalue weighted by atomic mass is 32.2. The van der Waals surface area contributed by atoms with E-state index in [2.05, 4.69) is 15.0 Å². The molecule has 10 heteroatoms. The van der Waals surface area contributed by atoms with Crippen molar-refractivity contribution < 1.29 is 23.1 Å². The molecule has 0 radical (unpaired) electrons. The lowest BCUT2D eigenvalue weighted by Gasteiger charge is -2.17. The summed E-state index contributed by atoms with van der Waals surface area (Å²) in [6, 6.07) is 8.04. The predicted molar refractivity (Wildman–Crippen MR) is 110 cm³/mol. The zero-order valence-electron chi connectivity index (χ0n) is 16.1. The minimum absolute atomic E-state index is 0.194. The molecule has 0 amide bonds. The molecule has 8 nitrogen and oxygen atoms in total. The van der Waals surface area contributed by atoms with Crippen molar-refractivity contribution in [1.29, 1.82) is 0 Å². The SMILES string of the molecule is CCCC[C@H](NC1OC1(Cc1cscn1)NS(=O)(=O)Cc1ccccc1)C(=O)O. The maximum Gasteiger partial charge on any atom is 0.320 e. The van der Waals surface area contributed by atoms with Gasteiger partial charge in [0.25, 0.3) is 0 Å². The average Bonchev–Trinajstić information content (AvgIpc) is 3.05. The van der Waals surface area contributed by atoms with Crippen molar-refractivity contribution >= 4 is 27.3 Å². The van der Waals surface area contributed by atoms with Crippen LogP contribution in [0.25, 0.3) is 0 Å². The van der Waals surface area contributed by atoms with Gasteiger partial charge in [0.2, 0.25) is 10.0 Å². The maximum atomic E-state index is 12.8. The van der Waals surface area contributed by atoms with E-state index < -0.39 is 34.0 Å². The van der Waals surface area contributed by atoms with E-state index in [9.17, 15) is 18.3 Å². The number of ether oxygens (including phenoxy) is 1. The number of aromatic nitrogens is 1. The number of sulfonamides is 1. The van der Waals surface area contributed by atoms with E-state index in [0.29, 0.717) is 17.7 Å². The van der Waals surface area contributed by atoms with E-state index in [0.717, 1.165) is 12.8 Å². The van der Waals surface area contributed by atoms with Crippen LogP contribution >= 0.6 is 11.3 Å². The van der Waals surface area contributed by atoms with E-state index in [1.54, 1.807) is 29.8 Å². The third-order valence-corrected chi connectivity index (χ3v) is 6.65. The van der Waals surface area contributed by atoms with Gasteiger partial charge in [-0.25, -0.2) is 13.4 Å². The molecule has 1 saturated heterocycles. The Morgan fingerprint density at radius 1 is 1.38 bits per heavy atom. The molecule has 2 aromatic rings. The van der Waals surface area contributed by atoms with Crippen LogP contribution in [0.5, 0.6) is 0 Å². The van der Waals surface area contributed by atoms with E-state index in [1.807, 2.05) is 18.4 Å². The second kappa shape index (κ2) is 9.31. The standard InChI is InChI=1S/C19H25N3O5S2/c1-2-3-9-16(17(23)24)21-18-19(27-18,10-15-11-28-13-20-15)22-29(25,26)12-14-7-5-4-6-8-14/h4-8,11,13,16,18,21-22H,2-3,9-10,12H2,1H3,(H,23,24)/t16-,18?,19?/m0/s1. The van der Waals surface area contributed by atoms with Crippen molar-refractivity contribution in [2.24, 2.45) is 0 Å². The van der Waals surface area contributed by atoms with E-state index in [1.165, 1.54) is 11.3 Å². The third kappa shape index (κ3) is 6.06. The molecule has 0 spiro atoms. The van der Waals surface area contributed by atoms with Gasteiger partial charge in [-0.1, -0.05) is 50.1 Å². The largest absolute Gasteiger partial charge is 0.480 e. The Hall–Kier alpha value is -1.85. The quantitative estimate of drug-likeness (QED) is 0.433. The number of thiazole rings is 1. The summed E-state index contributed by atoms with van der Waals surface area (Å²) in [4.78, 5) is 15.8. The van der Waals surface area contributed by atoms with Gasteiger partial charge in [0, 0.05) is 11.8 Å². The van der Waals surface area contributed by atoms with Gasteiger partial charge >= 0.3 is 5.97 Å². The summed E-state index contributed by atoms with van der Waals surface area (Å²) in [7, 11) is -3.73. The molecule has 0 aliphatic carbocycles. The first-order chi connectivity index (χ1) is 13.8. The monoisotopic (exact) mass is 439 g/mol. The molecular weight excluding hydrogens is 414 g/mol. The average molecular weight is 440 g/mol. The Bertz CT molecular complexity index is 905. The molecule has 3 rings (SSSR count). The number of carboxylic acids is 1. The van der Waals surface area contributed by atoms with Gasteiger partial charge in [0.1, 0.15) is 6.04 Å². The lowest BCUT2D eigenvalue weighted by Crippen LogP contribution is -2.48. The summed E-state index contributed by atoms with van der Waals surface area (Å²) in [6.45, 7) is 1.98. The maximum absolute atomic E-state index is 12.8. The van der Waals surface area contributed by atoms with Crippen LogP contribution in [0.3, 0.4) is 0 Å². The molecule has 0 saturated carbocycles. The molecule has 1 aliphatic heterocycles. The summed E-state index contributed by atoms with van der Waals surface area (Å²) in [5.41, 5.74) is 1.75. The van der Waals surface area contributed by atoms with Gasteiger partial charge in [0.15, 0.2) is 12.0 Å². The van der Waals surface area contributed by atoms with Crippen LogP contribution in [0, 0.1) is 0 Å². The number of hydrogen-bond acceptors (Lipinski definition) is 7. The van der Waals surface area contributed by atoms with Gasteiger partial charge in [-0.2, -0.15) is 4.72 Å². The lowest BCUT2D eigenvalue weighted by molar-refractivity contribution is -0.139. The molecule has 2 heterocycles. The van der Waals surface area contributed by atoms with Crippen LogP contribution in [0.1, 0.15) is 37.4 Å². The number of epoxide rings is 1. The van der Waals surface area contributed by atoms with Gasteiger partial charge in [-0.05, 0) is 12.0 Å². The molecule has 1 aromatic carbocycles. The number of nitrogens with zero attached hydrogens (tertiary/aromatic N) is 1. The first kappa shape index (κ1) is 21.8. The molecule has 3 atom stereocenters. The summed E-state index contributed by atoms with van der Waals surface area (Å²) < 4.78 is 33.9. The van der Waals surface area contributed by atoms with Gasteiger partial charge < -0.3 is 9.84 Å². The fourth-order valence-electron chi connectivity index (χ4n) is 3.15. The van der Waals surface area contributed by atoms with Crippen LogP contribution in [0.2, 0.25) is 0 Å². The minimum atomic E-state index is -3.73. The number of carbonyl (C=O) groups is 1. The van der Waals surface area contributed by atoms with Crippen LogP contribution in [-0.2, 0) is 31.7 Å². The molecule has 1 aromatic heterocycles. The molecule has 1 aliphatic rings. The number of nitrogens with one attached hydrogen (secondary N) is 2. The highest BCUT2D eigenvalue weighted by Crippen LogP contribution is 2.37. The second-order valence-electron chi connectivity index (χ2n) is 7.09. The summed E-state index contributed by atoms with van der Waals surface area (Å²) >= 11 is 1.40. The normalized spacial score (nSPS) is 22.3. The van der Waals surface area contributed by atoms with Gasteiger partial charge in [-0.3, -0.25) is 10.1 Å². The fraction of sp³-hybridized carbons (Fsp3) is 0.474. The number of aliphatic carboxylic acids is 1. The molecular formula is C19H25N3O5S2. The first-order valence-corrected chi connectivity index (χ1v) is 12.0. The summed E-state index contributed by atoms with van der Waals surface area (Å²) in [5, 5.41) is 14.2. The number of unbranched alkanes of at least 4 members (excludes halogenated alkanes) is 1. The van der Waals surface area contributed by atoms with Crippen molar-refractivity contribution in [2.45, 2.75) is 56.4 Å². The summed E-state index contributed by atoms with van der Waals surface area (Å²) in [5.74, 6) is -1.18. The van der Waals surface area contributed by atoms with Crippen molar-refractivity contribution in [3.63, 3.8) is 0 Å². The van der Waals surface area contributed by atoms with Crippen molar-refractivity contribution in [2.75, 3.05) is 0 Å². The third-order valence-electron chi connectivity index (χ3n) is 4.65. The number of hydrogen-bond donors (Lipinski definition) is 3. The first-order valence-electron chi connectivity index (χ1n) is 9.43. The van der Waals surface area contributed by atoms with Crippen LogP contribution in [0.4, 0.5) is 0 Å². The Morgan fingerprint density at radius 2 is 2.14 bits per heavy atom. The number of benzene rings is 1. The highest BCUT2D eigenvalue weighted by Gasteiger charge is 2.60. The van der Waals surface area contributed by atoms with Crippen molar-refractivity contribution in [1.82, 2.24) is 15.0 Å². The van der Waals surface area contributed by atoms with Crippen molar-refractivity contribution in [3.8, 4) is 0 Å².